The number of likely N-dealkylation sites (N-methyl/N-ethyl adjacent to an activating group) is 1. The predicted molar refractivity (Wildman–Crippen MR) is 61.8 cm³/mol. The van der Waals surface area contributed by atoms with Crippen LogP contribution in [0.2, 0.25) is 0 Å². The van der Waals surface area contributed by atoms with E-state index in [1.807, 2.05) is 0 Å². The van der Waals surface area contributed by atoms with Crippen molar-refractivity contribution >= 4 is 5.69 Å². The summed E-state index contributed by atoms with van der Waals surface area (Å²) in [6, 6.07) is 6.86. The van der Waals surface area contributed by atoms with E-state index in [2.05, 4.69) is 36.9 Å². The summed E-state index contributed by atoms with van der Waals surface area (Å²) in [7, 11) is 0. The van der Waals surface area contributed by atoms with Crippen LogP contribution < -0.4 is 10.8 Å². The SMILES string of the molecule is CCN1c2cccc(C)c2CC1CON. The van der Waals surface area contributed by atoms with Gasteiger partial charge in [-0.3, -0.25) is 0 Å². The van der Waals surface area contributed by atoms with Crippen LogP contribution in [0.25, 0.3) is 0 Å². The zero-order valence-electron chi connectivity index (χ0n) is 9.36. The highest BCUT2D eigenvalue weighted by atomic mass is 16.6. The molecule has 1 heterocycles. The Morgan fingerprint density at radius 3 is 3.00 bits per heavy atom. The highest BCUT2D eigenvalue weighted by Gasteiger charge is 2.28. The Morgan fingerprint density at radius 2 is 2.33 bits per heavy atom. The molecule has 15 heavy (non-hydrogen) atoms. The minimum absolute atomic E-state index is 0.399. The van der Waals surface area contributed by atoms with E-state index in [4.69, 9.17) is 10.7 Å². The van der Waals surface area contributed by atoms with E-state index in [-0.39, 0.29) is 0 Å². The first kappa shape index (κ1) is 10.5. The standard InChI is InChI=1S/C12H18N2O/c1-3-14-10(8-15-13)7-11-9(2)5-4-6-12(11)14/h4-6,10H,3,7-8,13H2,1-2H3. The maximum absolute atomic E-state index is 5.17. The summed E-state index contributed by atoms with van der Waals surface area (Å²) in [5.41, 5.74) is 4.16. The minimum atomic E-state index is 0.399. The van der Waals surface area contributed by atoms with Crippen molar-refractivity contribution in [3.8, 4) is 0 Å². The monoisotopic (exact) mass is 206 g/mol. The number of hydrogen-bond acceptors (Lipinski definition) is 3. The van der Waals surface area contributed by atoms with Crippen molar-refractivity contribution in [3.05, 3.63) is 29.3 Å². The fourth-order valence-corrected chi connectivity index (χ4v) is 2.45. The lowest BCUT2D eigenvalue weighted by molar-refractivity contribution is 0.123. The van der Waals surface area contributed by atoms with Gasteiger partial charge in [0.1, 0.15) is 0 Å². The third kappa shape index (κ3) is 1.73. The number of benzene rings is 1. The average Bonchev–Trinajstić information content (AvgIpc) is 2.58. The van der Waals surface area contributed by atoms with Crippen LogP contribution >= 0.6 is 0 Å². The van der Waals surface area contributed by atoms with E-state index in [1.165, 1.54) is 16.8 Å². The third-order valence-corrected chi connectivity index (χ3v) is 3.20. The summed E-state index contributed by atoms with van der Waals surface area (Å²) >= 11 is 0. The van der Waals surface area contributed by atoms with Crippen molar-refractivity contribution in [3.63, 3.8) is 0 Å². The van der Waals surface area contributed by atoms with Crippen LogP contribution in [0.3, 0.4) is 0 Å². The summed E-state index contributed by atoms with van der Waals surface area (Å²) in [5.74, 6) is 5.17. The molecule has 0 saturated heterocycles. The van der Waals surface area contributed by atoms with Gasteiger partial charge in [-0.1, -0.05) is 12.1 Å². The molecule has 0 spiro atoms. The smallest absolute Gasteiger partial charge is 0.0885 e. The zero-order valence-corrected chi connectivity index (χ0v) is 9.36. The van der Waals surface area contributed by atoms with Crippen LogP contribution in [0.15, 0.2) is 18.2 Å². The van der Waals surface area contributed by atoms with Gasteiger partial charge in [0.05, 0.1) is 12.6 Å². The molecule has 0 aromatic heterocycles. The first-order chi connectivity index (χ1) is 7.27. The topological polar surface area (TPSA) is 38.5 Å². The Bertz CT molecular complexity index is 351. The number of nitrogens with zero attached hydrogens (tertiary/aromatic N) is 1. The van der Waals surface area contributed by atoms with Gasteiger partial charge in [0, 0.05) is 12.2 Å². The number of nitrogens with two attached hydrogens (primary N) is 1. The van der Waals surface area contributed by atoms with Gasteiger partial charge in [0.2, 0.25) is 0 Å². The van der Waals surface area contributed by atoms with E-state index in [0.29, 0.717) is 12.6 Å². The summed E-state index contributed by atoms with van der Waals surface area (Å²) in [4.78, 5) is 7.16. The Balaban J connectivity index is 2.32. The molecule has 0 fully saturated rings. The number of aryl methyl sites for hydroxylation is 1. The number of fused-ring (bicyclic) bond motifs is 1. The van der Waals surface area contributed by atoms with Gasteiger partial charge in [0.25, 0.3) is 0 Å². The van der Waals surface area contributed by atoms with Crippen LogP contribution in [-0.2, 0) is 11.3 Å². The number of anilines is 1. The molecule has 82 valence electrons. The van der Waals surface area contributed by atoms with Gasteiger partial charge in [-0.15, -0.1) is 0 Å². The second-order valence-electron chi connectivity index (χ2n) is 4.05. The molecular formula is C12H18N2O. The molecule has 1 aliphatic rings. The molecule has 1 unspecified atom stereocenters. The molecule has 1 aliphatic heterocycles. The molecule has 0 bridgehead atoms. The molecule has 2 N–H and O–H groups in total. The molecule has 3 heteroatoms. The molecule has 0 saturated carbocycles. The molecule has 3 nitrogen and oxygen atoms in total. The third-order valence-electron chi connectivity index (χ3n) is 3.20. The molecule has 0 amide bonds. The van der Waals surface area contributed by atoms with Crippen LogP contribution in [-0.4, -0.2) is 19.2 Å². The highest BCUT2D eigenvalue weighted by molar-refractivity contribution is 5.62. The number of rotatable bonds is 3. The second-order valence-corrected chi connectivity index (χ2v) is 4.05. The molecular weight excluding hydrogens is 188 g/mol. The zero-order chi connectivity index (χ0) is 10.8. The molecule has 0 aliphatic carbocycles. The summed E-state index contributed by atoms with van der Waals surface area (Å²) in [6.07, 6.45) is 1.05. The predicted octanol–water partition coefficient (Wildman–Crippen LogP) is 1.64. The minimum Gasteiger partial charge on any atom is -0.366 e. The molecule has 2 rings (SSSR count). The van der Waals surface area contributed by atoms with Crippen LogP contribution in [0.4, 0.5) is 5.69 Å². The fraction of sp³-hybridized carbons (Fsp3) is 0.500. The van der Waals surface area contributed by atoms with Crippen molar-refractivity contribution in [1.29, 1.82) is 0 Å². The summed E-state index contributed by atoms with van der Waals surface area (Å²) in [6.45, 7) is 5.94. The first-order valence-electron chi connectivity index (χ1n) is 5.44. The van der Waals surface area contributed by atoms with Crippen molar-refractivity contribution in [1.82, 2.24) is 0 Å². The van der Waals surface area contributed by atoms with Crippen LogP contribution in [0.1, 0.15) is 18.1 Å². The van der Waals surface area contributed by atoms with Gasteiger partial charge in [-0.2, -0.15) is 0 Å². The van der Waals surface area contributed by atoms with Crippen LogP contribution in [0, 0.1) is 6.92 Å². The maximum Gasteiger partial charge on any atom is 0.0885 e. The van der Waals surface area contributed by atoms with Crippen molar-refractivity contribution in [2.45, 2.75) is 26.3 Å². The van der Waals surface area contributed by atoms with Crippen molar-refractivity contribution in [2.24, 2.45) is 5.90 Å². The molecule has 1 aromatic rings. The van der Waals surface area contributed by atoms with Gasteiger partial charge in [-0.05, 0) is 37.5 Å². The van der Waals surface area contributed by atoms with E-state index in [0.717, 1.165) is 13.0 Å². The van der Waals surface area contributed by atoms with Crippen molar-refractivity contribution < 1.29 is 4.84 Å². The Morgan fingerprint density at radius 1 is 1.53 bits per heavy atom. The Kier molecular flexibility index (Phi) is 2.93. The van der Waals surface area contributed by atoms with Gasteiger partial charge in [0.15, 0.2) is 0 Å². The lowest BCUT2D eigenvalue weighted by Gasteiger charge is -2.25. The first-order valence-corrected chi connectivity index (χ1v) is 5.44. The lowest BCUT2D eigenvalue weighted by atomic mass is 10.0. The van der Waals surface area contributed by atoms with E-state index in [9.17, 15) is 0 Å². The molecule has 1 atom stereocenters. The maximum atomic E-state index is 5.17. The second kappa shape index (κ2) is 4.21. The van der Waals surface area contributed by atoms with E-state index in [1.54, 1.807) is 0 Å². The Labute approximate surface area is 90.8 Å². The molecule has 1 aromatic carbocycles. The van der Waals surface area contributed by atoms with Gasteiger partial charge < -0.3 is 9.74 Å². The quantitative estimate of drug-likeness (QED) is 0.764. The van der Waals surface area contributed by atoms with E-state index >= 15 is 0 Å². The molecule has 0 radical (unpaired) electrons. The van der Waals surface area contributed by atoms with Crippen LogP contribution in [0.5, 0.6) is 0 Å². The normalized spacial score (nSPS) is 19.4. The summed E-state index contributed by atoms with van der Waals surface area (Å²) < 4.78 is 0. The van der Waals surface area contributed by atoms with Crippen molar-refractivity contribution in [2.75, 3.05) is 18.1 Å². The largest absolute Gasteiger partial charge is 0.366 e. The van der Waals surface area contributed by atoms with Gasteiger partial charge in [-0.25, -0.2) is 5.90 Å². The Hall–Kier alpha value is -1.06. The lowest BCUT2D eigenvalue weighted by Crippen LogP contribution is -2.36. The fourth-order valence-electron chi connectivity index (χ4n) is 2.45. The number of hydrogen-bond donors (Lipinski definition) is 1. The van der Waals surface area contributed by atoms with Gasteiger partial charge >= 0.3 is 0 Å². The highest BCUT2D eigenvalue weighted by Crippen LogP contribution is 2.33. The summed E-state index contributed by atoms with van der Waals surface area (Å²) in [5, 5.41) is 0. The van der Waals surface area contributed by atoms with E-state index < -0.39 is 0 Å². The average molecular weight is 206 g/mol.